The lowest BCUT2D eigenvalue weighted by Gasteiger charge is -2.40. The predicted octanol–water partition coefficient (Wildman–Crippen LogP) is 5.75. The average molecular weight is 617 g/mol. The highest BCUT2D eigenvalue weighted by Gasteiger charge is 2.36. The van der Waals surface area contributed by atoms with Crippen LogP contribution in [0.25, 0.3) is 11.1 Å². The first kappa shape index (κ1) is 32.4. The summed E-state index contributed by atoms with van der Waals surface area (Å²) in [5.41, 5.74) is 3.68. The van der Waals surface area contributed by atoms with Gasteiger partial charge in [0.15, 0.2) is 0 Å². The molecule has 2 heterocycles. The SMILES string of the molecule is Cl.Cl.NCC1(COc2ccncc2NC(=O)c2ccc(F)c(-c3c(F)cc(N4CCOCC4)cc3F)c2F)CCC1. The van der Waals surface area contributed by atoms with Gasteiger partial charge >= 0.3 is 0 Å². The van der Waals surface area contributed by atoms with Crippen LogP contribution in [0, 0.1) is 28.7 Å². The highest BCUT2D eigenvalue weighted by Crippen LogP contribution is 2.41. The Kier molecular flexibility index (Phi) is 10.8. The minimum Gasteiger partial charge on any atom is -0.491 e. The number of carbonyl (C=O) groups is 1. The molecule has 0 bridgehead atoms. The van der Waals surface area contributed by atoms with Gasteiger partial charge in [0.25, 0.3) is 5.91 Å². The zero-order chi connectivity index (χ0) is 27.6. The van der Waals surface area contributed by atoms with Crippen molar-refractivity contribution in [2.24, 2.45) is 11.1 Å². The lowest BCUT2D eigenvalue weighted by atomic mass is 9.69. The number of aromatic nitrogens is 1. The second-order valence-corrected chi connectivity index (χ2v) is 9.84. The molecule has 5 rings (SSSR count). The fourth-order valence-corrected chi connectivity index (χ4v) is 4.87. The third kappa shape index (κ3) is 6.69. The van der Waals surface area contributed by atoms with Gasteiger partial charge in [0.2, 0.25) is 0 Å². The van der Waals surface area contributed by atoms with Crippen LogP contribution in [0.4, 0.5) is 28.9 Å². The highest BCUT2D eigenvalue weighted by atomic mass is 35.5. The zero-order valence-corrected chi connectivity index (χ0v) is 23.6. The number of halogens is 6. The molecule has 2 aromatic carbocycles. The van der Waals surface area contributed by atoms with E-state index in [1.807, 2.05) is 0 Å². The van der Waals surface area contributed by atoms with Crippen LogP contribution in [0.1, 0.15) is 29.6 Å². The number of morpholine rings is 1. The van der Waals surface area contributed by atoms with Gasteiger partial charge in [0.1, 0.15) is 34.7 Å². The van der Waals surface area contributed by atoms with E-state index in [9.17, 15) is 9.18 Å². The smallest absolute Gasteiger partial charge is 0.258 e. The molecule has 1 aliphatic heterocycles. The number of nitrogens with zero attached hydrogens (tertiary/aromatic N) is 2. The van der Waals surface area contributed by atoms with E-state index in [0.717, 1.165) is 43.5 Å². The predicted molar refractivity (Wildman–Crippen MR) is 152 cm³/mol. The molecule has 41 heavy (non-hydrogen) atoms. The molecule has 0 atom stereocenters. The summed E-state index contributed by atoms with van der Waals surface area (Å²) in [6, 6.07) is 5.29. The summed E-state index contributed by atoms with van der Waals surface area (Å²) in [7, 11) is 0. The number of nitrogens with two attached hydrogens (primary N) is 1. The van der Waals surface area contributed by atoms with Gasteiger partial charge in [-0.3, -0.25) is 9.78 Å². The third-order valence-electron chi connectivity index (χ3n) is 7.40. The van der Waals surface area contributed by atoms with Gasteiger partial charge in [-0.2, -0.15) is 0 Å². The topological polar surface area (TPSA) is 89.7 Å². The standard InChI is InChI=1S/C28H28F4N4O3.2ClH/c29-19-3-2-18(27(37)35-22-14-34-7-4-23(22)39-16-28(15-33)5-1-6-28)26(32)25(19)24-20(30)12-17(13-21(24)31)36-8-10-38-11-9-36;;/h2-4,7,12-14H,1,5-6,8-11,15-16,33H2,(H,35,37);2*1H. The first-order chi connectivity index (χ1) is 18.8. The van der Waals surface area contributed by atoms with Gasteiger partial charge in [0, 0.05) is 43.0 Å². The summed E-state index contributed by atoms with van der Waals surface area (Å²) in [6.45, 7) is 2.42. The van der Waals surface area contributed by atoms with E-state index in [4.69, 9.17) is 15.2 Å². The number of ether oxygens (including phenoxy) is 2. The van der Waals surface area contributed by atoms with E-state index < -0.39 is 45.9 Å². The number of amides is 1. The molecule has 2 aliphatic rings. The average Bonchev–Trinajstić information content (AvgIpc) is 2.91. The van der Waals surface area contributed by atoms with E-state index in [-0.39, 0.29) is 41.6 Å². The molecule has 3 aromatic rings. The highest BCUT2D eigenvalue weighted by molar-refractivity contribution is 6.06. The summed E-state index contributed by atoms with van der Waals surface area (Å²) in [6.07, 6.45) is 5.73. The zero-order valence-electron chi connectivity index (χ0n) is 21.9. The molecule has 1 saturated heterocycles. The fourth-order valence-electron chi connectivity index (χ4n) is 4.87. The number of anilines is 2. The van der Waals surface area contributed by atoms with Gasteiger partial charge in [-0.05, 0) is 37.1 Å². The quantitative estimate of drug-likeness (QED) is 0.314. The first-order valence-electron chi connectivity index (χ1n) is 12.7. The Bertz CT molecular complexity index is 1360. The lowest BCUT2D eigenvalue weighted by molar-refractivity contribution is 0.0670. The molecule has 0 radical (unpaired) electrons. The van der Waals surface area contributed by atoms with Crippen LogP contribution < -0.4 is 20.7 Å². The van der Waals surface area contributed by atoms with E-state index >= 15 is 13.2 Å². The van der Waals surface area contributed by atoms with Gasteiger partial charge in [-0.15, -0.1) is 24.8 Å². The van der Waals surface area contributed by atoms with Crippen molar-refractivity contribution < 1.29 is 31.8 Å². The van der Waals surface area contributed by atoms with Gasteiger partial charge < -0.3 is 25.4 Å². The normalized spacial score (nSPS) is 15.7. The lowest BCUT2D eigenvalue weighted by Crippen LogP contribution is -2.42. The van der Waals surface area contributed by atoms with Crippen LogP contribution in [-0.2, 0) is 4.74 Å². The number of nitrogens with one attached hydrogen (secondary N) is 1. The second kappa shape index (κ2) is 13.7. The minimum absolute atomic E-state index is 0. The van der Waals surface area contributed by atoms with Crippen LogP contribution >= 0.6 is 24.8 Å². The Hall–Kier alpha value is -3.12. The molecule has 13 heteroatoms. The Morgan fingerprint density at radius 2 is 1.71 bits per heavy atom. The Labute approximate surface area is 247 Å². The third-order valence-corrected chi connectivity index (χ3v) is 7.40. The summed E-state index contributed by atoms with van der Waals surface area (Å²) in [5, 5.41) is 2.51. The van der Waals surface area contributed by atoms with Crippen molar-refractivity contribution in [1.82, 2.24) is 4.98 Å². The van der Waals surface area contributed by atoms with Crippen molar-refractivity contribution in [3.63, 3.8) is 0 Å². The molecule has 1 aliphatic carbocycles. The second-order valence-electron chi connectivity index (χ2n) is 9.84. The maximum Gasteiger partial charge on any atom is 0.258 e. The van der Waals surface area contributed by atoms with Gasteiger partial charge in [-0.1, -0.05) is 6.42 Å². The van der Waals surface area contributed by atoms with Crippen LogP contribution in [0.15, 0.2) is 42.7 Å². The Balaban J connectivity index is 0.00000231. The maximum absolute atomic E-state index is 15.6. The largest absolute Gasteiger partial charge is 0.491 e. The molecule has 0 unspecified atom stereocenters. The van der Waals surface area contributed by atoms with Crippen molar-refractivity contribution in [1.29, 1.82) is 0 Å². The Morgan fingerprint density at radius 3 is 2.32 bits per heavy atom. The molecular weight excluding hydrogens is 587 g/mol. The number of hydrogen-bond acceptors (Lipinski definition) is 6. The van der Waals surface area contributed by atoms with E-state index in [2.05, 4.69) is 10.3 Å². The molecule has 1 amide bonds. The van der Waals surface area contributed by atoms with Gasteiger partial charge in [-0.25, -0.2) is 17.6 Å². The molecule has 2 fully saturated rings. The number of hydrogen-bond donors (Lipinski definition) is 2. The molecule has 7 nitrogen and oxygen atoms in total. The van der Waals surface area contributed by atoms with E-state index in [0.29, 0.717) is 45.2 Å². The summed E-state index contributed by atoms with van der Waals surface area (Å²) in [4.78, 5) is 18.7. The number of rotatable bonds is 8. The fraction of sp³-hybridized carbons (Fsp3) is 0.357. The summed E-state index contributed by atoms with van der Waals surface area (Å²) >= 11 is 0. The van der Waals surface area contributed by atoms with Crippen LogP contribution in [0.2, 0.25) is 0 Å². The van der Waals surface area contributed by atoms with Crippen LogP contribution in [0.3, 0.4) is 0 Å². The van der Waals surface area contributed by atoms with Crippen molar-refractivity contribution in [3.8, 4) is 16.9 Å². The van der Waals surface area contributed by atoms with E-state index in [1.165, 1.54) is 12.4 Å². The summed E-state index contributed by atoms with van der Waals surface area (Å²) in [5.74, 6) is -5.57. The minimum atomic E-state index is -1.40. The molecule has 222 valence electrons. The monoisotopic (exact) mass is 616 g/mol. The molecule has 1 saturated carbocycles. The molecular formula is C28H30Cl2F4N4O3. The van der Waals surface area contributed by atoms with Crippen LogP contribution in [0.5, 0.6) is 5.75 Å². The van der Waals surface area contributed by atoms with Crippen LogP contribution in [-0.4, -0.2) is 50.3 Å². The van der Waals surface area contributed by atoms with Crippen molar-refractivity contribution in [2.45, 2.75) is 19.3 Å². The molecule has 3 N–H and O–H groups in total. The number of pyridine rings is 1. The number of benzene rings is 2. The molecule has 0 spiro atoms. The van der Waals surface area contributed by atoms with Crippen molar-refractivity contribution >= 4 is 42.1 Å². The molecule has 1 aromatic heterocycles. The Morgan fingerprint density at radius 1 is 1.02 bits per heavy atom. The van der Waals surface area contributed by atoms with E-state index in [1.54, 1.807) is 11.0 Å². The first-order valence-corrected chi connectivity index (χ1v) is 12.7. The number of carbonyl (C=O) groups excluding carboxylic acids is 1. The summed E-state index contributed by atoms with van der Waals surface area (Å²) < 4.78 is 71.8. The maximum atomic E-state index is 15.6. The van der Waals surface area contributed by atoms with Crippen molar-refractivity contribution in [3.05, 3.63) is 71.6 Å². The van der Waals surface area contributed by atoms with Gasteiger partial charge in [0.05, 0.1) is 42.7 Å². The van der Waals surface area contributed by atoms with Crippen molar-refractivity contribution in [2.75, 3.05) is 49.7 Å².